The van der Waals surface area contributed by atoms with Crippen LogP contribution in [0.1, 0.15) is 19.2 Å². The molecule has 0 aliphatic rings. The van der Waals surface area contributed by atoms with Crippen LogP contribution in [0.4, 0.5) is 5.82 Å². The molecule has 0 spiro atoms. The normalized spacial score (nSPS) is 10.6. The van der Waals surface area contributed by atoms with Crippen LogP contribution in [0.2, 0.25) is 0 Å². The summed E-state index contributed by atoms with van der Waals surface area (Å²) < 4.78 is 10.4. The first-order valence-electron chi connectivity index (χ1n) is 5.43. The minimum absolute atomic E-state index is 0.347. The van der Waals surface area contributed by atoms with E-state index in [1.54, 1.807) is 18.2 Å². The van der Waals surface area contributed by atoms with Gasteiger partial charge in [0, 0.05) is 6.61 Å². The molecular weight excluding hydrogens is 220 g/mol. The molecule has 2 aromatic rings. The molecule has 0 saturated carbocycles. The largest absolute Gasteiger partial charge is 0.384 e. The van der Waals surface area contributed by atoms with Crippen molar-refractivity contribution in [3.8, 4) is 11.6 Å². The monoisotopic (exact) mass is 234 g/mol. The first kappa shape index (κ1) is 11.5. The number of nitrogens with zero attached hydrogens (tertiary/aromatic N) is 3. The quantitative estimate of drug-likeness (QED) is 0.791. The lowest BCUT2D eigenvalue weighted by molar-refractivity contribution is 0.114. The van der Waals surface area contributed by atoms with Crippen molar-refractivity contribution in [2.24, 2.45) is 0 Å². The Hall–Kier alpha value is -1.95. The average Bonchev–Trinajstić information content (AvgIpc) is 2.78. The van der Waals surface area contributed by atoms with E-state index in [1.807, 2.05) is 6.92 Å². The minimum Gasteiger partial charge on any atom is -0.384 e. The molecule has 0 fully saturated rings. The molecule has 90 valence electrons. The summed E-state index contributed by atoms with van der Waals surface area (Å²) in [4.78, 5) is 8.27. The van der Waals surface area contributed by atoms with E-state index in [2.05, 4.69) is 15.1 Å². The molecule has 2 rings (SSSR count). The van der Waals surface area contributed by atoms with Crippen molar-refractivity contribution in [3.63, 3.8) is 0 Å². The van der Waals surface area contributed by atoms with E-state index in [4.69, 9.17) is 15.0 Å². The van der Waals surface area contributed by atoms with Crippen LogP contribution in [-0.2, 0) is 11.3 Å². The molecule has 0 unspecified atom stereocenters. The van der Waals surface area contributed by atoms with Crippen LogP contribution in [0.5, 0.6) is 0 Å². The van der Waals surface area contributed by atoms with E-state index in [1.165, 1.54) is 0 Å². The van der Waals surface area contributed by atoms with Crippen LogP contribution in [0, 0.1) is 0 Å². The second kappa shape index (κ2) is 5.40. The number of anilines is 1. The van der Waals surface area contributed by atoms with Gasteiger partial charge in [0.1, 0.15) is 18.1 Å². The Kier molecular flexibility index (Phi) is 3.66. The number of ether oxygens (including phenoxy) is 1. The molecule has 0 bridgehead atoms. The maximum absolute atomic E-state index is 5.58. The van der Waals surface area contributed by atoms with E-state index < -0.39 is 0 Å². The molecule has 2 heterocycles. The van der Waals surface area contributed by atoms with E-state index >= 15 is 0 Å². The number of hydrogen-bond donors (Lipinski definition) is 1. The zero-order valence-corrected chi connectivity index (χ0v) is 9.59. The van der Waals surface area contributed by atoms with Crippen LogP contribution in [0.3, 0.4) is 0 Å². The van der Waals surface area contributed by atoms with Crippen LogP contribution < -0.4 is 5.73 Å². The lowest BCUT2D eigenvalue weighted by Crippen LogP contribution is -1.96. The lowest BCUT2D eigenvalue weighted by atomic mass is 10.3. The van der Waals surface area contributed by atoms with Gasteiger partial charge in [-0.05, 0) is 18.6 Å². The lowest BCUT2D eigenvalue weighted by Gasteiger charge is -1.96. The third-order valence-electron chi connectivity index (χ3n) is 2.04. The second-order valence-electron chi connectivity index (χ2n) is 3.52. The smallest absolute Gasteiger partial charge is 0.276 e. The van der Waals surface area contributed by atoms with Crippen molar-refractivity contribution in [1.29, 1.82) is 0 Å². The molecule has 2 aromatic heterocycles. The van der Waals surface area contributed by atoms with Crippen LogP contribution >= 0.6 is 0 Å². The summed E-state index contributed by atoms with van der Waals surface area (Å²) in [6.45, 7) is 3.07. The molecule has 0 aliphatic heterocycles. The van der Waals surface area contributed by atoms with Gasteiger partial charge in [0.25, 0.3) is 5.89 Å². The van der Waals surface area contributed by atoms with Gasteiger partial charge in [0.05, 0.1) is 0 Å². The molecular formula is C11H14N4O2. The number of aromatic nitrogens is 3. The Morgan fingerprint density at radius 2 is 2.24 bits per heavy atom. The highest BCUT2D eigenvalue weighted by molar-refractivity contribution is 5.49. The molecule has 6 heteroatoms. The highest BCUT2D eigenvalue weighted by Crippen LogP contribution is 2.15. The number of nitrogens with two attached hydrogens (primary N) is 1. The third-order valence-corrected chi connectivity index (χ3v) is 2.04. The van der Waals surface area contributed by atoms with Gasteiger partial charge in [0.2, 0.25) is 0 Å². The first-order valence-corrected chi connectivity index (χ1v) is 5.43. The standard InChI is InChI=1S/C11H14N4O2/c1-2-6-16-7-10-14-11(17-15-10)8-4-3-5-9(12)13-8/h3-5H,2,6-7H2,1H3,(H2,12,13). The zero-order chi connectivity index (χ0) is 12.1. The summed E-state index contributed by atoms with van der Waals surface area (Å²) in [6.07, 6.45) is 0.960. The van der Waals surface area contributed by atoms with Crippen LogP contribution in [0.15, 0.2) is 22.7 Å². The van der Waals surface area contributed by atoms with Crippen molar-refractivity contribution in [2.45, 2.75) is 20.0 Å². The van der Waals surface area contributed by atoms with Gasteiger partial charge in [-0.25, -0.2) is 4.98 Å². The molecule has 0 atom stereocenters. The summed E-state index contributed by atoms with van der Waals surface area (Å²) in [5.41, 5.74) is 6.14. The van der Waals surface area contributed by atoms with Crippen molar-refractivity contribution in [2.75, 3.05) is 12.3 Å². The molecule has 0 saturated heterocycles. The Balaban J connectivity index is 2.07. The predicted molar refractivity (Wildman–Crippen MR) is 61.9 cm³/mol. The average molecular weight is 234 g/mol. The van der Waals surface area contributed by atoms with E-state index in [-0.39, 0.29) is 0 Å². The fraction of sp³-hybridized carbons (Fsp3) is 0.364. The SMILES string of the molecule is CCCOCc1noc(-c2cccc(N)n2)n1. The maximum Gasteiger partial charge on any atom is 0.276 e. The van der Waals surface area contributed by atoms with Crippen LogP contribution in [-0.4, -0.2) is 21.7 Å². The van der Waals surface area contributed by atoms with E-state index in [0.29, 0.717) is 36.4 Å². The molecule has 0 amide bonds. The van der Waals surface area contributed by atoms with Gasteiger partial charge in [0.15, 0.2) is 5.82 Å². The second-order valence-corrected chi connectivity index (χ2v) is 3.52. The highest BCUT2D eigenvalue weighted by Gasteiger charge is 2.09. The van der Waals surface area contributed by atoms with Crippen molar-refractivity contribution in [1.82, 2.24) is 15.1 Å². The summed E-state index contributed by atoms with van der Waals surface area (Å²) >= 11 is 0. The third kappa shape index (κ3) is 3.01. The van der Waals surface area contributed by atoms with E-state index in [0.717, 1.165) is 6.42 Å². The minimum atomic E-state index is 0.347. The fourth-order valence-electron chi connectivity index (χ4n) is 1.30. The Labute approximate surface area is 98.8 Å². The van der Waals surface area contributed by atoms with Crippen molar-refractivity contribution in [3.05, 3.63) is 24.0 Å². The number of nitrogen functional groups attached to an aromatic ring is 1. The summed E-state index contributed by atoms with van der Waals surface area (Å²) in [6, 6.07) is 5.25. The fourth-order valence-corrected chi connectivity index (χ4v) is 1.30. The van der Waals surface area contributed by atoms with Crippen LogP contribution in [0.25, 0.3) is 11.6 Å². The van der Waals surface area contributed by atoms with Gasteiger partial charge in [-0.15, -0.1) is 0 Å². The Morgan fingerprint density at radius 3 is 3.00 bits per heavy atom. The van der Waals surface area contributed by atoms with Gasteiger partial charge in [-0.2, -0.15) is 4.98 Å². The van der Waals surface area contributed by atoms with Crippen molar-refractivity contribution >= 4 is 5.82 Å². The number of hydrogen-bond acceptors (Lipinski definition) is 6. The molecule has 2 N–H and O–H groups in total. The predicted octanol–water partition coefficient (Wildman–Crippen LogP) is 1.64. The van der Waals surface area contributed by atoms with Crippen molar-refractivity contribution < 1.29 is 9.26 Å². The topological polar surface area (TPSA) is 87.1 Å². The van der Waals surface area contributed by atoms with E-state index in [9.17, 15) is 0 Å². The van der Waals surface area contributed by atoms with Gasteiger partial charge < -0.3 is 15.0 Å². The molecule has 0 aromatic carbocycles. The summed E-state index contributed by atoms with van der Waals surface area (Å²) in [7, 11) is 0. The summed E-state index contributed by atoms with van der Waals surface area (Å²) in [5, 5.41) is 3.80. The molecule has 17 heavy (non-hydrogen) atoms. The number of rotatable bonds is 5. The Morgan fingerprint density at radius 1 is 1.35 bits per heavy atom. The highest BCUT2D eigenvalue weighted by atomic mass is 16.5. The molecule has 0 radical (unpaired) electrons. The molecule has 6 nitrogen and oxygen atoms in total. The summed E-state index contributed by atoms with van der Waals surface area (Å²) in [5.74, 6) is 1.29. The maximum atomic E-state index is 5.58. The van der Waals surface area contributed by atoms with Gasteiger partial charge in [-0.3, -0.25) is 0 Å². The number of pyridine rings is 1. The first-order chi connectivity index (χ1) is 8.29. The zero-order valence-electron chi connectivity index (χ0n) is 9.59. The molecule has 0 aliphatic carbocycles. The van der Waals surface area contributed by atoms with Gasteiger partial charge in [-0.1, -0.05) is 18.1 Å². The van der Waals surface area contributed by atoms with Gasteiger partial charge >= 0.3 is 0 Å². The Bertz CT molecular complexity index is 484.